The van der Waals surface area contributed by atoms with Crippen molar-refractivity contribution in [2.24, 2.45) is 4.99 Å². The Balaban J connectivity index is 0.00000392. The lowest BCUT2D eigenvalue weighted by Gasteiger charge is -2.33. The number of aliphatic imine (C=N–C) groups is 1. The van der Waals surface area contributed by atoms with Gasteiger partial charge in [0.1, 0.15) is 11.5 Å². The number of methoxy groups -OCH3 is 1. The Morgan fingerprint density at radius 2 is 2.07 bits per heavy atom. The second-order valence-corrected chi connectivity index (χ2v) is 7.16. The van der Waals surface area contributed by atoms with Gasteiger partial charge in [0, 0.05) is 44.8 Å². The molecule has 3 N–H and O–H groups in total. The van der Waals surface area contributed by atoms with Gasteiger partial charge in [-0.15, -0.1) is 24.0 Å². The summed E-state index contributed by atoms with van der Waals surface area (Å²) in [5.41, 5.74) is 2.10. The zero-order chi connectivity index (χ0) is 19.6. The lowest BCUT2D eigenvalue weighted by Crippen LogP contribution is -2.48. The van der Waals surface area contributed by atoms with E-state index >= 15 is 0 Å². The molecular formula is C21H35IN4O2. The topological polar surface area (TPSA) is 69.1 Å². The van der Waals surface area contributed by atoms with Crippen LogP contribution in [0, 0.1) is 0 Å². The molecule has 1 aliphatic heterocycles. The first-order chi connectivity index (χ1) is 13.0. The molecule has 0 spiro atoms. The maximum Gasteiger partial charge on any atom is 0.191 e. The molecule has 0 saturated carbocycles. The molecule has 0 radical (unpaired) electrons. The summed E-state index contributed by atoms with van der Waals surface area (Å²) in [5.74, 6) is 1.77. The summed E-state index contributed by atoms with van der Waals surface area (Å²) < 4.78 is 5.12. The lowest BCUT2D eigenvalue weighted by atomic mass is 10.0. The molecule has 1 heterocycles. The van der Waals surface area contributed by atoms with Crippen LogP contribution in [0.25, 0.3) is 0 Å². The number of likely N-dealkylation sites (tertiary alicyclic amines) is 1. The summed E-state index contributed by atoms with van der Waals surface area (Å²) in [6, 6.07) is 5.84. The molecule has 1 saturated heterocycles. The van der Waals surface area contributed by atoms with Gasteiger partial charge in [0.2, 0.25) is 0 Å². The van der Waals surface area contributed by atoms with Gasteiger partial charge in [-0.3, -0.25) is 9.89 Å². The SMILES string of the molecule is C=C(C)CN1CCC(NC(=NCCc2ccc(OC)cc2O)NCC)CC1.I. The quantitative estimate of drug-likeness (QED) is 0.221. The number of hydrogen-bond donors (Lipinski definition) is 3. The van der Waals surface area contributed by atoms with Crippen molar-refractivity contribution in [3.8, 4) is 11.5 Å². The Morgan fingerprint density at radius 1 is 1.36 bits per heavy atom. The third-order valence-corrected chi connectivity index (χ3v) is 4.71. The van der Waals surface area contributed by atoms with Crippen molar-refractivity contribution in [2.75, 3.05) is 39.8 Å². The van der Waals surface area contributed by atoms with Gasteiger partial charge in [-0.25, -0.2) is 0 Å². The minimum Gasteiger partial charge on any atom is -0.508 e. The summed E-state index contributed by atoms with van der Waals surface area (Å²) in [6.45, 7) is 12.8. The van der Waals surface area contributed by atoms with Crippen molar-refractivity contribution in [3.63, 3.8) is 0 Å². The molecule has 28 heavy (non-hydrogen) atoms. The summed E-state index contributed by atoms with van der Waals surface area (Å²) in [5, 5.41) is 16.9. The number of hydrogen-bond acceptors (Lipinski definition) is 4. The fourth-order valence-electron chi connectivity index (χ4n) is 3.30. The minimum absolute atomic E-state index is 0. The first-order valence-electron chi connectivity index (χ1n) is 9.79. The number of phenolic OH excluding ortho intramolecular Hbond substituents is 1. The molecular weight excluding hydrogens is 467 g/mol. The van der Waals surface area contributed by atoms with Crippen LogP contribution in [0.4, 0.5) is 0 Å². The average Bonchev–Trinajstić information content (AvgIpc) is 2.64. The average molecular weight is 502 g/mol. The number of aromatic hydroxyl groups is 1. The van der Waals surface area contributed by atoms with E-state index in [1.165, 1.54) is 5.57 Å². The molecule has 1 fully saturated rings. The van der Waals surface area contributed by atoms with Crippen molar-refractivity contribution in [1.29, 1.82) is 0 Å². The Morgan fingerprint density at radius 3 is 2.64 bits per heavy atom. The van der Waals surface area contributed by atoms with Gasteiger partial charge < -0.3 is 20.5 Å². The predicted molar refractivity (Wildman–Crippen MR) is 127 cm³/mol. The Labute approximate surface area is 186 Å². The van der Waals surface area contributed by atoms with Crippen LogP contribution < -0.4 is 15.4 Å². The maximum absolute atomic E-state index is 10.1. The maximum atomic E-state index is 10.1. The number of guanidine groups is 1. The van der Waals surface area contributed by atoms with Crippen molar-refractivity contribution >= 4 is 29.9 Å². The summed E-state index contributed by atoms with van der Waals surface area (Å²) in [4.78, 5) is 7.13. The second-order valence-electron chi connectivity index (χ2n) is 7.16. The second kappa shape index (κ2) is 12.9. The zero-order valence-electron chi connectivity index (χ0n) is 17.3. The minimum atomic E-state index is 0. The standard InChI is InChI=1S/C21H34N4O2.HI/c1-5-22-21(24-18-9-12-25(13-10-18)15-16(2)3)23-11-8-17-6-7-19(27-4)14-20(17)26;/h6-7,14,18,26H,2,5,8-13,15H2,1,3-4H3,(H2,22,23,24);1H. The molecule has 7 heteroatoms. The van der Waals surface area contributed by atoms with Crippen LogP contribution in [0.1, 0.15) is 32.3 Å². The highest BCUT2D eigenvalue weighted by molar-refractivity contribution is 14.0. The van der Waals surface area contributed by atoms with Crippen molar-refractivity contribution in [1.82, 2.24) is 15.5 Å². The molecule has 1 aromatic carbocycles. The van der Waals surface area contributed by atoms with Gasteiger partial charge in [-0.2, -0.15) is 0 Å². The molecule has 1 aromatic rings. The number of phenols is 1. The molecule has 0 bridgehead atoms. The molecule has 0 aromatic heterocycles. The van der Waals surface area contributed by atoms with Gasteiger partial charge in [0.05, 0.1) is 7.11 Å². The normalized spacial score (nSPS) is 15.6. The molecule has 0 amide bonds. The number of rotatable bonds is 8. The van der Waals surface area contributed by atoms with E-state index in [9.17, 15) is 5.11 Å². The van der Waals surface area contributed by atoms with Crippen molar-refractivity contribution in [2.45, 2.75) is 39.2 Å². The summed E-state index contributed by atoms with van der Waals surface area (Å²) in [7, 11) is 1.59. The Hall–Kier alpha value is -1.48. The molecule has 2 rings (SSSR count). The number of nitrogens with one attached hydrogen (secondary N) is 2. The van der Waals surface area contributed by atoms with Crippen LogP contribution in [0.3, 0.4) is 0 Å². The fourth-order valence-corrected chi connectivity index (χ4v) is 3.30. The predicted octanol–water partition coefficient (Wildman–Crippen LogP) is 3.16. The van der Waals surface area contributed by atoms with Crippen LogP contribution in [-0.4, -0.2) is 61.8 Å². The first kappa shape index (κ1) is 24.6. The smallest absolute Gasteiger partial charge is 0.191 e. The number of ether oxygens (including phenoxy) is 1. The fraction of sp³-hybridized carbons (Fsp3) is 0.571. The van der Waals surface area contributed by atoms with Crippen molar-refractivity contribution < 1.29 is 9.84 Å². The van der Waals surface area contributed by atoms with E-state index in [4.69, 9.17) is 4.74 Å². The highest BCUT2D eigenvalue weighted by atomic mass is 127. The Bertz CT molecular complexity index is 643. The first-order valence-corrected chi connectivity index (χ1v) is 9.79. The van der Waals surface area contributed by atoms with Crippen LogP contribution in [0.5, 0.6) is 11.5 Å². The number of piperidine rings is 1. The Kier molecular flexibility index (Phi) is 11.3. The van der Waals surface area contributed by atoms with Crippen LogP contribution >= 0.6 is 24.0 Å². The highest BCUT2D eigenvalue weighted by Gasteiger charge is 2.19. The zero-order valence-corrected chi connectivity index (χ0v) is 19.7. The summed E-state index contributed by atoms with van der Waals surface area (Å²) in [6.07, 6.45) is 2.90. The van der Waals surface area contributed by atoms with Gasteiger partial charge in [0.25, 0.3) is 0 Å². The monoisotopic (exact) mass is 502 g/mol. The third kappa shape index (κ3) is 8.26. The lowest BCUT2D eigenvalue weighted by molar-refractivity contribution is 0.221. The van der Waals surface area contributed by atoms with Gasteiger partial charge in [-0.05, 0) is 44.7 Å². The third-order valence-electron chi connectivity index (χ3n) is 4.71. The van der Waals surface area contributed by atoms with E-state index in [1.807, 2.05) is 12.1 Å². The van der Waals surface area contributed by atoms with Crippen molar-refractivity contribution in [3.05, 3.63) is 35.9 Å². The van der Waals surface area contributed by atoms with E-state index in [-0.39, 0.29) is 29.7 Å². The van der Waals surface area contributed by atoms with E-state index < -0.39 is 0 Å². The largest absolute Gasteiger partial charge is 0.508 e. The van der Waals surface area contributed by atoms with E-state index in [0.717, 1.165) is 50.5 Å². The molecule has 0 atom stereocenters. The van der Waals surface area contributed by atoms with Crippen LogP contribution in [0.15, 0.2) is 35.3 Å². The van der Waals surface area contributed by atoms with Gasteiger partial charge in [-0.1, -0.05) is 18.2 Å². The molecule has 158 valence electrons. The number of nitrogens with zero attached hydrogens (tertiary/aromatic N) is 2. The van der Waals surface area contributed by atoms with Gasteiger partial charge in [0.15, 0.2) is 5.96 Å². The highest BCUT2D eigenvalue weighted by Crippen LogP contribution is 2.23. The number of benzene rings is 1. The molecule has 1 aliphatic rings. The van der Waals surface area contributed by atoms with E-state index in [1.54, 1.807) is 13.2 Å². The van der Waals surface area contributed by atoms with E-state index in [0.29, 0.717) is 24.8 Å². The molecule has 0 aliphatic carbocycles. The molecule has 0 unspecified atom stereocenters. The van der Waals surface area contributed by atoms with Gasteiger partial charge >= 0.3 is 0 Å². The summed E-state index contributed by atoms with van der Waals surface area (Å²) >= 11 is 0. The van der Waals surface area contributed by atoms with Crippen LogP contribution in [-0.2, 0) is 6.42 Å². The molecule has 6 nitrogen and oxygen atoms in total. The van der Waals surface area contributed by atoms with E-state index in [2.05, 4.69) is 41.0 Å². The number of halogens is 1. The van der Waals surface area contributed by atoms with Crippen LogP contribution in [0.2, 0.25) is 0 Å².